The van der Waals surface area contributed by atoms with Crippen molar-refractivity contribution in [3.63, 3.8) is 0 Å². The van der Waals surface area contributed by atoms with Crippen LogP contribution in [0.5, 0.6) is 0 Å². The van der Waals surface area contributed by atoms with Crippen molar-refractivity contribution in [2.45, 2.75) is 56.5 Å². The largest absolute Gasteiger partial charge is 0.394 e. The minimum Gasteiger partial charge on any atom is -0.346 e. The molecular weight excluding hydrogens is 395 g/mol. The number of nitriles is 1. The van der Waals surface area contributed by atoms with Gasteiger partial charge in [-0.25, -0.2) is 8.42 Å². The molecule has 0 radical (unpaired) electrons. The van der Waals surface area contributed by atoms with Gasteiger partial charge in [0.2, 0.25) is 10.0 Å². The Morgan fingerprint density at radius 2 is 1.75 bits per heavy atom. The van der Waals surface area contributed by atoms with Crippen molar-refractivity contribution in [2.75, 3.05) is 4.72 Å². The fourth-order valence-corrected chi connectivity index (χ4v) is 4.49. The molecule has 0 aliphatic heterocycles. The Bertz CT molecular complexity index is 968. The third-order valence-electron chi connectivity index (χ3n) is 5.45. The summed E-state index contributed by atoms with van der Waals surface area (Å²) < 4.78 is 65.0. The molecule has 0 aromatic heterocycles. The highest BCUT2D eigenvalue weighted by Gasteiger charge is 2.79. The minimum absolute atomic E-state index is 0.0245. The topological polar surface area (TPSA) is 99.1 Å². The van der Waals surface area contributed by atoms with E-state index in [0.29, 0.717) is 0 Å². The quantitative estimate of drug-likeness (QED) is 0.788. The van der Waals surface area contributed by atoms with Gasteiger partial charge in [0.05, 0.1) is 33.0 Å². The van der Waals surface area contributed by atoms with Crippen LogP contribution in [0.1, 0.15) is 56.0 Å². The Hall–Kier alpha value is -2.28. The first-order valence-corrected chi connectivity index (χ1v) is 10.1. The fourth-order valence-electron chi connectivity index (χ4n) is 3.72. The third kappa shape index (κ3) is 3.11. The van der Waals surface area contributed by atoms with Gasteiger partial charge in [-0.15, -0.1) is 0 Å². The molecule has 152 valence electrons. The number of alkyl halides is 3. The predicted octanol–water partition coefficient (Wildman–Crippen LogP) is 3.31. The number of carbonyl (C=O) groups excluding carboxylic acids is 1. The van der Waals surface area contributed by atoms with E-state index in [1.165, 1.54) is 39.0 Å². The summed E-state index contributed by atoms with van der Waals surface area (Å²) in [4.78, 5) is 12.7. The van der Waals surface area contributed by atoms with Gasteiger partial charge in [-0.2, -0.15) is 18.4 Å². The van der Waals surface area contributed by atoms with E-state index in [9.17, 15) is 26.4 Å². The molecular formula is C18H20F3N3O3S. The van der Waals surface area contributed by atoms with E-state index < -0.39 is 37.8 Å². The van der Waals surface area contributed by atoms with Gasteiger partial charge in [0.25, 0.3) is 5.91 Å². The van der Waals surface area contributed by atoms with Crippen LogP contribution in [0.3, 0.4) is 0 Å². The second-order valence-electron chi connectivity index (χ2n) is 8.63. The van der Waals surface area contributed by atoms with Crippen LogP contribution in [-0.2, 0) is 10.0 Å². The Balaban J connectivity index is 1.84. The fraction of sp³-hybridized carbons (Fsp3) is 0.556. The SMILES string of the molecule is CC(C)(C)S(=O)(=O)Nc1ccc(C#N)cc1C(=O)NC12CC(C(F)(F)F)(C1)C2. The molecule has 28 heavy (non-hydrogen) atoms. The lowest BCUT2D eigenvalue weighted by Crippen LogP contribution is -2.78. The van der Waals surface area contributed by atoms with Crippen molar-refractivity contribution in [1.29, 1.82) is 5.26 Å². The van der Waals surface area contributed by atoms with E-state index in [0.717, 1.165) is 0 Å². The molecule has 0 unspecified atom stereocenters. The van der Waals surface area contributed by atoms with Crippen LogP contribution in [0.4, 0.5) is 18.9 Å². The Kier molecular flexibility index (Phi) is 4.28. The molecule has 3 aliphatic carbocycles. The van der Waals surface area contributed by atoms with Crippen molar-refractivity contribution < 1.29 is 26.4 Å². The number of carbonyl (C=O) groups is 1. The highest BCUT2D eigenvalue weighted by molar-refractivity contribution is 7.94. The highest BCUT2D eigenvalue weighted by atomic mass is 32.2. The molecule has 0 atom stereocenters. The maximum absolute atomic E-state index is 13.0. The number of nitrogens with one attached hydrogen (secondary N) is 2. The molecule has 0 saturated heterocycles. The maximum Gasteiger partial charge on any atom is 0.394 e. The zero-order valence-corrected chi connectivity index (χ0v) is 16.4. The van der Waals surface area contributed by atoms with Crippen LogP contribution in [-0.4, -0.2) is 30.8 Å². The van der Waals surface area contributed by atoms with Gasteiger partial charge in [-0.3, -0.25) is 9.52 Å². The van der Waals surface area contributed by atoms with Crippen molar-refractivity contribution in [3.8, 4) is 6.07 Å². The molecule has 1 amide bonds. The van der Waals surface area contributed by atoms with Crippen LogP contribution < -0.4 is 10.0 Å². The van der Waals surface area contributed by atoms with Gasteiger partial charge in [-0.1, -0.05) is 0 Å². The standard InChI is InChI=1S/C18H20F3N3O3S/c1-15(2,3)28(26,27)24-13-5-4-11(7-22)6-12(13)14(25)23-17-8-16(9-17,10-17)18(19,20)21/h4-6,24H,8-10H2,1-3H3,(H,23,25). The van der Waals surface area contributed by atoms with Crippen LogP contribution in [0.15, 0.2) is 18.2 Å². The number of rotatable bonds is 4. The summed E-state index contributed by atoms with van der Waals surface area (Å²) in [5.74, 6) is -0.709. The Morgan fingerprint density at radius 3 is 2.21 bits per heavy atom. The number of benzene rings is 1. The molecule has 4 rings (SSSR count). The van der Waals surface area contributed by atoms with E-state index in [1.54, 1.807) is 0 Å². The molecule has 2 bridgehead atoms. The van der Waals surface area contributed by atoms with Crippen molar-refractivity contribution in [3.05, 3.63) is 29.3 Å². The Labute approximate surface area is 161 Å². The normalized spacial score (nSPS) is 26.5. The van der Waals surface area contributed by atoms with Crippen LogP contribution in [0, 0.1) is 16.7 Å². The monoisotopic (exact) mass is 415 g/mol. The summed E-state index contributed by atoms with van der Waals surface area (Å²) in [7, 11) is -3.84. The molecule has 1 aromatic rings. The molecule has 2 N–H and O–H groups in total. The molecule has 3 aliphatic rings. The smallest absolute Gasteiger partial charge is 0.346 e. The number of hydrogen-bond acceptors (Lipinski definition) is 4. The van der Waals surface area contributed by atoms with Gasteiger partial charge >= 0.3 is 6.18 Å². The second-order valence-corrected chi connectivity index (χ2v) is 11.1. The maximum atomic E-state index is 13.0. The van der Waals surface area contributed by atoms with Crippen molar-refractivity contribution in [2.24, 2.45) is 5.41 Å². The van der Waals surface area contributed by atoms with E-state index in [-0.39, 0.29) is 36.1 Å². The Morgan fingerprint density at radius 1 is 1.18 bits per heavy atom. The molecule has 6 nitrogen and oxygen atoms in total. The molecule has 10 heteroatoms. The average Bonchev–Trinajstić information content (AvgIpc) is 2.46. The van der Waals surface area contributed by atoms with Crippen LogP contribution >= 0.6 is 0 Å². The van der Waals surface area contributed by atoms with Gasteiger partial charge in [0, 0.05) is 5.54 Å². The zero-order chi connectivity index (χ0) is 21.2. The summed E-state index contributed by atoms with van der Waals surface area (Å²) in [6.07, 6.45) is -4.85. The van der Waals surface area contributed by atoms with E-state index >= 15 is 0 Å². The summed E-state index contributed by atoms with van der Waals surface area (Å²) in [6, 6.07) is 5.75. The van der Waals surface area contributed by atoms with E-state index in [1.807, 2.05) is 6.07 Å². The number of hydrogen-bond donors (Lipinski definition) is 2. The minimum atomic E-state index is -4.30. The van der Waals surface area contributed by atoms with Crippen LogP contribution in [0.2, 0.25) is 0 Å². The lowest BCUT2D eigenvalue weighted by atomic mass is 9.39. The van der Waals surface area contributed by atoms with Gasteiger partial charge in [-0.05, 0) is 58.2 Å². The van der Waals surface area contributed by atoms with E-state index in [4.69, 9.17) is 5.26 Å². The number of sulfonamides is 1. The van der Waals surface area contributed by atoms with Crippen molar-refractivity contribution >= 4 is 21.6 Å². The van der Waals surface area contributed by atoms with E-state index in [2.05, 4.69) is 10.0 Å². The second kappa shape index (κ2) is 5.86. The van der Waals surface area contributed by atoms with Crippen molar-refractivity contribution in [1.82, 2.24) is 5.32 Å². The first-order valence-electron chi connectivity index (χ1n) is 8.60. The molecule has 0 spiro atoms. The number of anilines is 1. The van der Waals surface area contributed by atoms with Gasteiger partial charge in [0.1, 0.15) is 0 Å². The summed E-state index contributed by atoms with van der Waals surface area (Å²) in [6.45, 7) is 4.45. The summed E-state index contributed by atoms with van der Waals surface area (Å²) >= 11 is 0. The number of halogens is 3. The van der Waals surface area contributed by atoms with Gasteiger partial charge < -0.3 is 5.32 Å². The van der Waals surface area contributed by atoms with Gasteiger partial charge in [0.15, 0.2) is 0 Å². The highest BCUT2D eigenvalue weighted by Crippen LogP contribution is 2.73. The van der Waals surface area contributed by atoms with Crippen LogP contribution in [0.25, 0.3) is 0 Å². The average molecular weight is 415 g/mol. The zero-order valence-electron chi connectivity index (χ0n) is 15.6. The molecule has 1 aromatic carbocycles. The first-order chi connectivity index (χ1) is 12.6. The number of amides is 1. The summed E-state index contributed by atoms with van der Waals surface area (Å²) in [5.41, 5.74) is -2.63. The lowest BCUT2D eigenvalue weighted by Gasteiger charge is -2.70. The predicted molar refractivity (Wildman–Crippen MR) is 96.0 cm³/mol. The summed E-state index contributed by atoms with van der Waals surface area (Å²) in [5, 5.41) is 11.7. The first kappa shape index (κ1) is 20.5. The third-order valence-corrected chi connectivity index (χ3v) is 7.56. The molecule has 3 saturated carbocycles. The molecule has 0 heterocycles. The molecule has 3 fully saturated rings. The lowest BCUT2D eigenvalue weighted by molar-refractivity contribution is -0.336. The number of nitrogens with zero attached hydrogens (tertiary/aromatic N) is 1.